The van der Waals surface area contributed by atoms with E-state index in [0.29, 0.717) is 4.88 Å². The number of rotatable bonds is 3. The fourth-order valence-corrected chi connectivity index (χ4v) is 3.41. The van der Waals surface area contributed by atoms with E-state index in [2.05, 4.69) is 15.6 Å². The Morgan fingerprint density at radius 1 is 1.38 bits per heavy atom. The summed E-state index contributed by atoms with van der Waals surface area (Å²) in [5.74, 6) is 1.55. The molecule has 5 nitrogen and oxygen atoms in total. The number of aryl methyl sites for hydroxylation is 2. The van der Waals surface area contributed by atoms with E-state index in [1.54, 1.807) is 0 Å². The fraction of sp³-hybridized carbons (Fsp3) is 0.467. The second-order valence-electron chi connectivity index (χ2n) is 5.34. The molecule has 0 radical (unpaired) electrons. The quantitative estimate of drug-likeness (QED) is 0.914. The van der Waals surface area contributed by atoms with Gasteiger partial charge in [0.25, 0.3) is 5.91 Å². The lowest BCUT2D eigenvalue weighted by Gasteiger charge is -2.23. The molecule has 2 N–H and O–H groups in total. The van der Waals surface area contributed by atoms with Crippen molar-refractivity contribution in [1.82, 2.24) is 15.6 Å². The topological polar surface area (TPSA) is 67.2 Å². The van der Waals surface area contributed by atoms with Gasteiger partial charge in [0.1, 0.15) is 10.6 Å². The third kappa shape index (κ3) is 3.16. The highest BCUT2D eigenvalue weighted by Gasteiger charge is 2.21. The molecular formula is C15H19N3O2S. The van der Waals surface area contributed by atoms with Crippen molar-refractivity contribution in [3.8, 4) is 10.8 Å². The van der Waals surface area contributed by atoms with E-state index in [9.17, 15) is 4.79 Å². The van der Waals surface area contributed by atoms with Gasteiger partial charge in [-0.3, -0.25) is 4.79 Å². The number of amides is 1. The van der Waals surface area contributed by atoms with Gasteiger partial charge in [0, 0.05) is 6.04 Å². The lowest BCUT2D eigenvalue weighted by molar-refractivity contribution is 0.0933. The van der Waals surface area contributed by atoms with E-state index in [4.69, 9.17) is 4.42 Å². The Morgan fingerprint density at radius 3 is 2.81 bits per heavy atom. The fourth-order valence-electron chi connectivity index (χ4n) is 2.48. The zero-order valence-corrected chi connectivity index (χ0v) is 13.0. The molecule has 0 spiro atoms. The number of hydrogen-bond acceptors (Lipinski definition) is 5. The lowest BCUT2D eigenvalue weighted by Crippen LogP contribution is -2.42. The van der Waals surface area contributed by atoms with Gasteiger partial charge in [0.2, 0.25) is 0 Å². The molecule has 21 heavy (non-hydrogen) atoms. The van der Waals surface area contributed by atoms with E-state index < -0.39 is 0 Å². The molecule has 0 saturated carbocycles. The van der Waals surface area contributed by atoms with Gasteiger partial charge in [0.05, 0.1) is 5.69 Å². The minimum atomic E-state index is -0.0218. The summed E-state index contributed by atoms with van der Waals surface area (Å²) in [4.78, 5) is 17.5. The van der Waals surface area contributed by atoms with Gasteiger partial charge < -0.3 is 15.1 Å². The molecule has 0 bridgehead atoms. The summed E-state index contributed by atoms with van der Waals surface area (Å²) in [5.41, 5.74) is 0.760. The van der Waals surface area contributed by atoms with Crippen LogP contribution in [0.2, 0.25) is 0 Å². The molecule has 1 aliphatic heterocycles. The molecule has 2 aromatic heterocycles. The second-order valence-corrected chi connectivity index (χ2v) is 6.34. The van der Waals surface area contributed by atoms with E-state index in [1.807, 2.05) is 26.0 Å². The molecular weight excluding hydrogens is 286 g/mol. The van der Waals surface area contributed by atoms with Gasteiger partial charge in [0.15, 0.2) is 10.8 Å². The van der Waals surface area contributed by atoms with Crippen molar-refractivity contribution < 1.29 is 9.21 Å². The van der Waals surface area contributed by atoms with Crippen molar-refractivity contribution in [2.75, 3.05) is 13.1 Å². The first-order valence-electron chi connectivity index (χ1n) is 7.19. The average molecular weight is 305 g/mol. The summed E-state index contributed by atoms with van der Waals surface area (Å²) >= 11 is 1.39. The Hall–Kier alpha value is -1.66. The SMILES string of the molecule is Cc1ccc(-c2nc(C)c(C(=O)NC3CCNCC3)s2)o1. The minimum Gasteiger partial charge on any atom is -0.459 e. The molecule has 112 valence electrons. The summed E-state index contributed by atoms with van der Waals surface area (Å²) in [7, 11) is 0. The smallest absolute Gasteiger partial charge is 0.263 e. The summed E-state index contributed by atoms with van der Waals surface area (Å²) in [5, 5.41) is 7.16. The average Bonchev–Trinajstić information content (AvgIpc) is 3.06. The van der Waals surface area contributed by atoms with E-state index in [-0.39, 0.29) is 11.9 Å². The van der Waals surface area contributed by atoms with Crippen LogP contribution in [0.15, 0.2) is 16.5 Å². The minimum absolute atomic E-state index is 0.0218. The Morgan fingerprint density at radius 2 is 2.14 bits per heavy atom. The predicted molar refractivity (Wildman–Crippen MR) is 82.6 cm³/mol. The van der Waals surface area contributed by atoms with Gasteiger partial charge in [-0.15, -0.1) is 11.3 Å². The summed E-state index contributed by atoms with van der Waals surface area (Å²) in [6.45, 7) is 5.69. The highest BCUT2D eigenvalue weighted by molar-refractivity contribution is 7.17. The van der Waals surface area contributed by atoms with Crippen LogP contribution >= 0.6 is 11.3 Å². The summed E-state index contributed by atoms with van der Waals surface area (Å²) < 4.78 is 5.58. The Balaban J connectivity index is 1.75. The first-order chi connectivity index (χ1) is 10.1. The zero-order valence-electron chi connectivity index (χ0n) is 12.2. The van der Waals surface area contributed by atoms with Gasteiger partial charge >= 0.3 is 0 Å². The van der Waals surface area contributed by atoms with Crippen LogP contribution in [-0.4, -0.2) is 30.0 Å². The van der Waals surface area contributed by atoms with Crippen molar-refractivity contribution in [3.05, 3.63) is 28.5 Å². The highest BCUT2D eigenvalue weighted by atomic mass is 32.1. The van der Waals surface area contributed by atoms with E-state index in [0.717, 1.165) is 48.2 Å². The van der Waals surface area contributed by atoms with Gasteiger partial charge in [-0.1, -0.05) is 0 Å². The first kappa shape index (κ1) is 14.3. The maximum absolute atomic E-state index is 12.4. The zero-order chi connectivity index (χ0) is 14.8. The van der Waals surface area contributed by atoms with Gasteiger partial charge in [-0.25, -0.2) is 4.98 Å². The first-order valence-corrected chi connectivity index (χ1v) is 8.01. The van der Waals surface area contributed by atoms with Gasteiger partial charge in [-0.2, -0.15) is 0 Å². The van der Waals surface area contributed by atoms with E-state index in [1.165, 1.54) is 11.3 Å². The third-order valence-corrected chi connectivity index (χ3v) is 4.80. The van der Waals surface area contributed by atoms with Crippen LogP contribution in [0.25, 0.3) is 10.8 Å². The highest BCUT2D eigenvalue weighted by Crippen LogP contribution is 2.29. The number of nitrogens with zero attached hydrogens (tertiary/aromatic N) is 1. The number of aromatic nitrogens is 1. The van der Waals surface area contributed by atoms with Crippen LogP contribution in [0, 0.1) is 13.8 Å². The molecule has 0 aliphatic carbocycles. The van der Waals surface area contributed by atoms with Crippen LogP contribution in [0.5, 0.6) is 0 Å². The number of carbonyl (C=O) groups is 1. The number of carbonyl (C=O) groups excluding carboxylic acids is 1. The molecule has 0 unspecified atom stereocenters. The van der Waals surface area contributed by atoms with Crippen LogP contribution in [0.3, 0.4) is 0 Å². The second kappa shape index (κ2) is 5.99. The van der Waals surface area contributed by atoms with Crippen LogP contribution in [-0.2, 0) is 0 Å². The lowest BCUT2D eigenvalue weighted by atomic mass is 10.1. The number of thiazole rings is 1. The normalized spacial score (nSPS) is 16.1. The van der Waals surface area contributed by atoms with Crippen molar-refractivity contribution >= 4 is 17.2 Å². The monoisotopic (exact) mass is 305 g/mol. The number of piperidine rings is 1. The van der Waals surface area contributed by atoms with Gasteiger partial charge in [-0.05, 0) is 51.9 Å². The standard InChI is InChI=1S/C15H19N3O2S/c1-9-3-4-12(20-9)15-17-10(2)13(21-15)14(19)18-11-5-7-16-8-6-11/h3-4,11,16H,5-8H2,1-2H3,(H,18,19). The van der Waals surface area contributed by atoms with E-state index >= 15 is 0 Å². The Kier molecular flexibility index (Phi) is 4.07. The Labute approximate surface area is 127 Å². The molecule has 2 aromatic rings. The van der Waals surface area contributed by atoms with Crippen LogP contribution in [0.4, 0.5) is 0 Å². The van der Waals surface area contributed by atoms with Crippen LogP contribution < -0.4 is 10.6 Å². The van der Waals surface area contributed by atoms with Crippen molar-refractivity contribution in [3.63, 3.8) is 0 Å². The molecule has 1 fully saturated rings. The largest absolute Gasteiger partial charge is 0.459 e. The molecule has 1 amide bonds. The molecule has 0 atom stereocenters. The number of hydrogen-bond donors (Lipinski definition) is 2. The number of furan rings is 1. The summed E-state index contributed by atoms with van der Waals surface area (Å²) in [6.07, 6.45) is 1.96. The Bertz CT molecular complexity index is 641. The maximum Gasteiger partial charge on any atom is 0.263 e. The summed E-state index contributed by atoms with van der Waals surface area (Å²) in [6, 6.07) is 4.05. The third-order valence-electron chi connectivity index (χ3n) is 3.63. The molecule has 1 saturated heterocycles. The molecule has 3 heterocycles. The molecule has 1 aliphatic rings. The van der Waals surface area contributed by atoms with Crippen molar-refractivity contribution in [2.45, 2.75) is 32.7 Å². The van der Waals surface area contributed by atoms with Crippen molar-refractivity contribution in [1.29, 1.82) is 0 Å². The number of nitrogens with one attached hydrogen (secondary N) is 2. The van der Waals surface area contributed by atoms with Crippen molar-refractivity contribution in [2.24, 2.45) is 0 Å². The molecule has 3 rings (SSSR count). The predicted octanol–water partition coefficient (Wildman–Crippen LogP) is 2.50. The molecule has 0 aromatic carbocycles. The van der Waals surface area contributed by atoms with Crippen LogP contribution in [0.1, 0.15) is 34.0 Å². The maximum atomic E-state index is 12.4. The molecule has 6 heteroatoms.